The molecule has 0 aliphatic carbocycles. The number of aromatic nitrogens is 3. The van der Waals surface area contributed by atoms with Crippen LogP contribution in [0.3, 0.4) is 0 Å². The van der Waals surface area contributed by atoms with E-state index in [1.165, 1.54) is 0 Å². The Hall–Kier alpha value is -1.78. The number of fused-ring (bicyclic) bond motifs is 1. The third kappa shape index (κ3) is 1.26. The molecule has 0 amide bonds. The summed E-state index contributed by atoms with van der Waals surface area (Å²) in [7, 11) is 1.94. The summed E-state index contributed by atoms with van der Waals surface area (Å²) in [5.41, 5.74) is 7.53. The lowest BCUT2D eigenvalue weighted by Gasteiger charge is -2.04. The zero-order valence-corrected chi connectivity index (χ0v) is 8.28. The Morgan fingerprint density at radius 1 is 1.57 bits per heavy atom. The van der Waals surface area contributed by atoms with Gasteiger partial charge in [0.05, 0.1) is 11.8 Å². The minimum Gasteiger partial charge on any atom is -0.382 e. The molecule has 0 bridgehead atoms. The Bertz CT molecular complexity index is 459. The fourth-order valence-corrected chi connectivity index (χ4v) is 1.42. The maximum atomic E-state index is 5.77. The van der Waals surface area contributed by atoms with Gasteiger partial charge in [0.25, 0.3) is 0 Å². The number of imidazole rings is 1. The van der Waals surface area contributed by atoms with Crippen molar-refractivity contribution in [1.29, 1.82) is 0 Å². The van der Waals surface area contributed by atoms with Gasteiger partial charge in [0.1, 0.15) is 11.3 Å². The molecule has 2 rings (SSSR count). The maximum Gasteiger partial charge on any atom is 0.154 e. The first-order chi connectivity index (χ1) is 6.72. The second kappa shape index (κ2) is 3.17. The van der Waals surface area contributed by atoms with Crippen molar-refractivity contribution in [3.63, 3.8) is 0 Å². The summed E-state index contributed by atoms with van der Waals surface area (Å²) in [5.74, 6) is 1.26. The summed E-state index contributed by atoms with van der Waals surface area (Å²) >= 11 is 0. The van der Waals surface area contributed by atoms with Crippen LogP contribution in [0.1, 0.15) is 6.92 Å². The molecule has 0 aliphatic rings. The predicted octanol–water partition coefficient (Wildman–Crippen LogP) is 0.982. The molecule has 5 heteroatoms. The highest BCUT2D eigenvalue weighted by molar-refractivity contribution is 5.87. The first-order valence-electron chi connectivity index (χ1n) is 4.53. The lowest BCUT2D eigenvalue weighted by atomic mass is 10.3. The molecule has 0 saturated heterocycles. The molecule has 2 aromatic rings. The number of hydrogen-bond acceptors (Lipinski definition) is 4. The smallest absolute Gasteiger partial charge is 0.154 e. The summed E-state index contributed by atoms with van der Waals surface area (Å²) in [4.78, 5) is 8.36. The molecule has 0 aliphatic heterocycles. The Kier molecular flexibility index (Phi) is 1.99. The highest BCUT2D eigenvalue weighted by Gasteiger charge is 2.06. The molecule has 14 heavy (non-hydrogen) atoms. The quantitative estimate of drug-likeness (QED) is 0.742. The van der Waals surface area contributed by atoms with Gasteiger partial charge in [-0.15, -0.1) is 0 Å². The van der Waals surface area contributed by atoms with Crippen LogP contribution in [0.2, 0.25) is 0 Å². The van der Waals surface area contributed by atoms with Gasteiger partial charge in [-0.3, -0.25) is 0 Å². The first-order valence-corrected chi connectivity index (χ1v) is 4.53. The van der Waals surface area contributed by atoms with Gasteiger partial charge in [-0.05, 0) is 6.92 Å². The molecular formula is C9H13N5. The van der Waals surface area contributed by atoms with Crippen LogP contribution in [0.15, 0.2) is 12.4 Å². The maximum absolute atomic E-state index is 5.77. The topological polar surface area (TPSA) is 68.8 Å². The Balaban J connectivity index is 2.63. The number of hydrogen-bond donors (Lipinski definition) is 2. The molecule has 0 aromatic carbocycles. The van der Waals surface area contributed by atoms with Gasteiger partial charge in [0.15, 0.2) is 5.82 Å². The first kappa shape index (κ1) is 8.80. The van der Waals surface area contributed by atoms with E-state index in [1.54, 1.807) is 6.33 Å². The minimum absolute atomic E-state index is 0.471. The van der Waals surface area contributed by atoms with E-state index in [-0.39, 0.29) is 0 Å². The van der Waals surface area contributed by atoms with Crippen molar-refractivity contribution in [1.82, 2.24) is 14.5 Å². The highest BCUT2D eigenvalue weighted by Crippen LogP contribution is 2.20. The van der Waals surface area contributed by atoms with E-state index >= 15 is 0 Å². The minimum atomic E-state index is 0.471. The Morgan fingerprint density at radius 3 is 3.07 bits per heavy atom. The predicted molar refractivity (Wildman–Crippen MR) is 57.1 cm³/mol. The van der Waals surface area contributed by atoms with Crippen LogP contribution in [0, 0.1) is 0 Å². The molecule has 2 heterocycles. The average Bonchev–Trinajstić information content (AvgIpc) is 2.49. The summed E-state index contributed by atoms with van der Waals surface area (Å²) in [6.45, 7) is 2.85. The number of anilines is 2. The zero-order chi connectivity index (χ0) is 10.1. The van der Waals surface area contributed by atoms with Gasteiger partial charge in [0, 0.05) is 19.7 Å². The van der Waals surface area contributed by atoms with E-state index in [1.807, 2.05) is 24.6 Å². The van der Waals surface area contributed by atoms with E-state index < -0.39 is 0 Å². The molecule has 0 spiro atoms. The standard InChI is InChI=1S/C9H13N5/c1-3-11-7-4-6-8(9(10)13-7)12-5-14(6)2/h4-5H,3H2,1-2H3,(H3,10,11,13). The molecular weight excluding hydrogens is 178 g/mol. The number of rotatable bonds is 2. The Labute approximate surface area is 82.0 Å². The molecule has 0 fully saturated rings. The van der Waals surface area contributed by atoms with E-state index in [0.717, 1.165) is 23.4 Å². The third-order valence-corrected chi connectivity index (χ3v) is 2.10. The molecule has 0 radical (unpaired) electrons. The van der Waals surface area contributed by atoms with Crippen molar-refractivity contribution in [2.75, 3.05) is 17.6 Å². The van der Waals surface area contributed by atoms with Crippen LogP contribution in [-0.4, -0.2) is 21.1 Å². The van der Waals surface area contributed by atoms with Crippen LogP contribution in [0.4, 0.5) is 11.6 Å². The highest BCUT2D eigenvalue weighted by atomic mass is 15.1. The van der Waals surface area contributed by atoms with Crippen molar-refractivity contribution in [2.24, 2.45) is 7.05 Å². The van der Waals surface area contributed by atoms with E-state index in [0.29, 0.717) is 5.82 Å². The van der Waals surface area contributed by atoms with Crippen LogP contribution in [0.25, 0.3) is 11.0 Å². The normalized spacial score (nSPS) is 10.7. The number of nitrogen functional groups attached to an aromatic ring is 1. The van der Waals surface area contributed by atoms with Crippen LogP contribution < -0.4 is 11.1 Å². The summed E-state index contributed by atoms with van der Waals surface area (Å²) in [6, 6.07) is 1.95. The van der Waals surface area contributed by atoms with Crippen LogP contribution >= 0.6 is 0 Å². The summed E-state index contributed by atoms with van der Waals surface area (Å²) < 4.78 is 1.92. The molecule has 0 atom stereocenters. The van der Waals surface area contributed by atoms with Crippen molar-refractivity contribution in [3.8, 4) is 0 Å². The third-order valence-electron chi connectivity index (χ3n) is 2.10. The molecule has 5 nitrogen and oxygen atoms in total. The van der Waals surface area contributed by atoms with Gasteiger partial charge in [-0.1, -0.05) is 0 Å². The largest absolute Gasteiger partial charge is 0.382 e. The zero-order valence-electron chi connectivity index (χ0n) is 8.28. The van der Waals surface area contributed by atoms with Crippen molar-refractivity contribution >= 4 is 22.7 Å². The van der Waals surface area contributed by atoms with Gasteiger partial charge in [0.2, 0.25) is 0 Å². The van der Waals surface area contributed by atoms with Gasteiger partial charge >= 0.3 is 0 Å². The lowest BCUT2D eigenvalue weighted by Crippen LogP contribution is -2.02. The summed E-state index contributed by atoms with van der Waals surface area (Å²) in [5, 5.41) is 3.13. The van der Waals surface area contributed by atoms with Crippen molar-refractivity contribution in [3.05, 3.63) is 12.4 Å². The molecule has 2 aromatic heterocycles. The number of pyridine rings is 1. The van der Waals surface area contributed by atoms with E-state index in [9.17, 15) is 0 Å². The van der Waals surface area contributed by atoms with E-state index in [2.05, 4.69) is 15.3 Å². The average molecular weight is 191 g/mol. The number of aryl methyl sites for hydroxylation is 1. The molecule has 0 unspecified atom stereocenters. The van der Waals surface area contributed by atoms with Gasteiger partial charge < -0.3 is 15.6 Å². The molecule has 0 saturated carbocycles. The number of nitrogens with one attached hydrogen (secondary N) is 1. The monoisotopic (exact) mass is 191 g/mol. The molecule has 3 N–H and O–H groups in total. The second-order valence-corrected chi connectivity index (χ2v) is 3.15. The Morgan fingerprint density at radius 2 is 2.36 bits per heavy atom. The van der Waals surface area contributed by atoms with Crippen LogP contribution in [0.5, 0.6) is 0 Å². The fourth-order valence-electron chi connectivity index (χ4n) is 1.42. The number of nitrogens with zero attached hydrogens (tertiary/aromatic N) is 3. The SMILES string of the molecule is CCNc1cc2c(ncn2C)c(N)n1. The van der Waals surface area contributed by atoms with Crippen molar-refractivity contribution < 1.29 is 0 Å². The second-order valence-electron chi connectivity index (χ2n) is 3.15. The fraction of sp³-hybridized carbons (Fsp3) is 0.333. The summed E-state index contributed by atoms with van der Waals surface area (Å²) in [6.07, 6.45) is 1.73. The van der Waals surface area contributed by atoms with Crippen molar-refractivity contribution in [2.45, 2.75) is 6.92 Å². The van der Waals surface area contributed by atoms with Crippen LogP contribution in [-0.2, 0) is 7.05 Å². The van der Waals surface area contributed by atoms with E-state index in [4.69, 9.17) is 5.73 Å². The molecule has 74 valence electrons. The van der Waals surface area contributed by atoms with Gasteiger partial charge in [-0.25, -0.2) is 9.97 Å². The number of nitrogens with two attached hydrogens (primary N) is 1. The lowest BCUT2D eigenvalue weighted by molar-refractivity contribution is 0.947. The van der Waals surface area contributed by atoms with Gasteiger partial charge in [-0.2, -0.15) is 0 Å².